The Kier molecular flexibility index (Phi) is 8.21. The summed E-state index contributed by atoms with van der Waals surface area (Å²) in [4.78, 5) is 4.63. The van der Waals surface area contributed by atoms with Crippen LogP contribution in [0, 0.1) is 0 Å². The molecule has 314 valence electrons. The predicted octanol–water partition coefficient (Wildman–Crippen LogP) is 18.2. The Balaban J connectivity index is 0.924. The Bertz CT molecular complexity index is 4100. The summed E-state index contributed by atoms with van der Waals surface area (Å²) in [5, 5.41) is 8.91. The molecule has 67 heavy (non-hydrogen) atoms. The Morgan fingerprint density at radius 1 is 0.299 bits per heavy atom. The SMILES string of the molecule is c1ccc(-c2ccccc2N(c2ccc3c(c2)Oc2cccc4c2c-3cc2ccc(N(c3ccccc3)c3ccc5c(c3)oc3ccccc35)cc24)c2cccc3c2oc2ccccc23)cc1. The van der Waals surface area contributed by atoms with E-state index in [1.807, 2.05) is 24.3 Å². The zero-order valence-corrected chi connectivity index (χ0v) is 36.1. The zero-order valence-electron chi connectivity index (χ0n) is 36.1. The molecule has 13 aromatic rings. The molecular formula is C62H38N2O3. The van der Waals surface area contributed by atoms with Gasteiger partial charge in [-0.15, -0.1) is 0 Å². The zero-order chi connectivity index (χ0) is 44.0. The van der Waals surface area contributed by atoms with Gasteiger partial charge < -0.3 is 23.4 Å². The molecule has 0 saturated carbocycles. The fraction of sp³-hybridized carbons (Fsp3) is 0. The van der Waals surface area contributed by atoms with E-state index in [4.69, 9.17) is 13.6 Å². The minimum absolute atomic E-state index is 0.795. The maximum absolute atomic E-state index is 7.02. The molecule has 11 aromatic carbocycles. The van der Waals surface area contributed by atoms with E-state index in [2.05, 4.69) is 216 Å². The van der Waals surface area contributed by atoms with Crippen molar-refractivity contribution in [3.8, 4) is 33.8 Å². The Morgan fingerprint density at radius 3 is 1.79 bits per heavy atom. The third kappa shape index (κ3) is 5.88. The lowest BCUT2D eigenvalue weighted by atomic mass is 9.90. The highest BCUT2D eigenvalue weighted by atomic mass is 16.5. The lowest BCUT2D eigenvalue weighted by Crippen LogP contribution is -2.12. The number of rotatable bonds is 7. The van der Waals surface area contributed by atoms with Gasteiger partial charge in [-0.2, -0.15) is 0 Å². The topological polar surface area (TPSA) is 42.0 Å². The number of para-hydroxylation sites is 5. The monoisotopic (exact) mass is 858 g/mol. The van der Waals surface area contributed by atoms with E-state index in [0.29, 0.717) is 0 Å². The van der Waals surface area contributed by atoms with Crippen molar-refractivity contribution >= 4 is 99.5 Å². The van der Waals surface area contributed by atoms with Gasteiger partial charge in [0.1, 0.15) is 28.2 Å². The summed E-state index contributed by atoms with van der Waals surface area (Å²) in [6.45, 7) is 0. The average molecular weight is 859 g/mol. The van der Waals surface area contributed by atoms with Crippen LogP contribution in [0.25, 0.3) is 87.7 Å². The highest BCUT2D eigenvalue weighted by molar-refractivity contribution is 6.18. The quantitative estimate of drug-likeness (QED) is 0.149. The normalized spacial score (nSPS) is 12.0. The summed E-state index contributed by atoms with van der Waals surface area (Å²) < 4.78 is 20.1. The number of benzene rings is 11. The van der Waals surface area contributed by atoms with Crippen molar-refractivity contribution in [1.82, 2.24) is 0 Å². The van der Waals surface area contributed by atoms with Gasteiger partial charge in [0.05, 0.1) is 17.1 Å². The van der Waals surface area contributed by atoms with Crippen molar-refractivity contribution in [3.05, 3.63) is 231 Å². The lowest BCUT2D eigenvalue weighted by molar-refractivity contribution is 0.487. The number of anilines is 6. The maximum atomic E-state index is 7.02. The Morgan fingerprint density at radius 2 is 0.925 bits per heavy atom. The fourth-order valence-corrected chi connectivity index (χ4v) is 10.4. The number of hydrogen-bond acceptors (Lipinski definition) is 5. The van der Waals surface area contributed by atoms with E-state index in [1.54, 1.807) is 0 Å². The summed E-state index contributed by atoms with van der Waals surface area (Å²) in [6, 6.07) is 81.3. The van der Waals surface area contributed by atoms with Gasteiger partial charge in [0.25, 0.3) is 0 Å². The van der Waals surface area contributed by atoms with E-state index < -0.39 is 0 Å². The molecule has 0 radical (unpaired) electrons. The Labute approximate surface area is 385 Å². The summed E-state index contributed by atoms with van der Waals surface area (Å²) in [7, 11) is 0. The van der Waals surface area contributed by atoms with Crippen LogP contribution in [0.2, 0.25) is 0 Å². The molecule has 1 aliphatic rings. The van der Waals surface area contributed by atoms with Gasteiger partial charge in [0.15, 0.2) is 5.58 Å². The largest absolute Gasteiger partial charge is 0.456 e. The maximum Gasteiger partial charge on any atom is 0.159 e. The van der Waals surface area contributed by atoms with Gasteiger partial charge in [-0.25, -0.2) is 0 Å². The molecular weight excluding hydrogens is 821 g/mol. The first-order valence-corrected chi connectivity index (χ1v) is 22.6. The van der Waals surface area contributed by atoms with Crippen LogP contribution in [0.3, 0.4) is 0 Å². The number of ether oxygens (including phenoxy) is 1. The van der Waals surface area contributed by atoms with E-state index >= 15 is 0 Å². The highest BCUT2D eigenvalue weighted by Gasteiger charge is 2.27. The molecule has 0 amide bonds. The van der Waals surface area contributed by atoms with Crippen molar-refractivity contribution in [2.45, 2.75) is 0 Å². The summed E-state index contributed by atoms with van der Waals surface area (Å²) in [6.07, 6.45) is 0. The minimum Gasteiger partial charge on any atom is -0.456 e. The number of fused-ring (bicyclic) bond motifs is 10. The third-order valence-corrected chi connectivity index (χ3v) is 13.4. The van der Waals surface area contributed by atoms with Gasteiger partial charge in [-0.05, 0) is 112 Å². The number of nitrogens with zero attached hydrogens (tertiary/aromatic N) is 2. The number of furan rings is 2. The molecule has 3 heterocycles. The molecule has 0 N–H and O–H groups in total. The molecule has 0 aliphatic carbocycles. The van der Waals surface area contributed by atoms with Crippen LogP contribution in [0.15, 0.2) is 239 Å². The summed E-state index contributed by atoms with van der Waals surface area (Å²) in [5.74, 6) is 1.62. The fourth-order valence-electron chi connectivity index (χ4n) is 10.4. The molecule has 0 saturated heterocycles. The molecule has 2 aromatic heterocycles. The Hall–Kier alpha value is -9.06. The minimum atomic E-state index is 0.795. The van der Waals surface area contributed by atoms with Crippen LogP contribution in [0.4, 0.5) is 34.1 Å². The van der Waals surface area contributed by atoms with Gasteiger partial charge >= 0.3 is 0 Å². The van der Waals surface area contributed by atoms with E-state index in [9.17, 15) is 0 Å². The first-order valence-electron chi connectivity index (χ1n) is 22.6. The molecule has 5 nitrogen and oxygen atoms in total. The van der Waals surface area contributed by atoms with Crippen LogP contribution >= 0.6 is 0 Å². The van der Waals surface area contributed by atoms with Crippen molar-refractivity contribution < 1.29 is 13.6 Å². The number of hydrogen-bond donors (Lipinski definition) is 0. The van der Waals surface area contributed by atoms with Crippen LogP contribution in [-0.2, 0) is 0 Å². The molecule has 0 spiro atoms. The average Bonchev–Trinajstić information content (AvgIpc) is 3.96. The van der Waals surface area contributed by atoms with Crippen molar-refractivity contribution in [2.24, 2.45) is 0 Å². The second-order valence-corrected chi connectivity index (χ2v) is 17.2. The van der Waals surface area contributed by atoms with Crippen LogP contribution < -0.4 is 14.5 Å². The first-order chi connectivity index (χ1) is 33.2. The van der Waals surface area contributed by atoms with Crippen molar-refractivity contribution in [2.75, 3.05) is 9.80 Å². The van der Waals surface area contributed by atoms with Crippen molar-refractivity contribution in [1.29, 1.82) is 0 Å². The second-order valence-electron chi connectivity index (χ2n) is 17.2. The summed E-state index contributed by atoms with van der Waals surface area (Å²) in [5.41, 5.74) is 13.9. The summed E-state index contributed by atoms with van der Waals surface area (Å²) >= 11 is 0. The molecule has 0 unspecified atom stereocenters. The van der Waals surface area contributed by atoms with E-state index in [1.165, 1.54) is 0 Å². The molecule has 0 bridgehead atoms. The molecule has 1 aliphatic heterocycles. The smallest absolute Gasteiger partial charge is 0.159 e. The van der Waals surface area contributed by atoms with Crippen LogP contribution in [0.5, 0.6) is 11.5 Å². The van der Waals surface area contributed by atoms with E-state index in [-0.39, 0.29) is 0 Å². The van der Waals surface area contributed by atoms with Gasteiger partial charge in [0, 0.05) is 67.3 Å². The standard InChI is InChI=1S/C62H38N2O3/c1-3-15-39(16-4-1)45-19-7-10-24-54(45)64(55-25-13-23-51-47-21-9-12-27-57(47)67-62(51)55)44-32-34-49-53-35-40-29-30-42(36-52(40)50-22-14-28-58(61(50)53)66-60(49)38-44)63(41-17-5-2-6-18-41)43-31-33-48-46-20-8-11-26-56(46)65-59(48)37-43/h1-38H. The van der Waals surface area contributed by atoms with Gasteiger partial charge in [-0.3, -0.25) is 0 Å². The van der Waals surface area contributed by atoms with E-state index in [0.717, 1.165) is 133 Å². The third-order valence-electron chi connectivity index (χ3n) is 13.4. The van der Waals surface area contributed by atoms with Crippen LogP contribution in [-0.4, -0.2) is 0 Å². The molecule has 5 heteroatoms. The van der Waals surface area contributed by atoms with Crippen LogP contribution in [0.1, 0.15) is 0 Å². The molecule has 14 rings (SSSR count). The second kappa shape index (κ2) is 14.7. The lowest BCUT2D eigenvalue weighted by Gasteiger charge is -2.30. The molecule has 0 fully saturated rings. The van der Waals surface area contributed by atoms with Crippen molar-refractivity contribution in [3.63, 3.8) is 0 Å². The highest BCUT2D eigenvalue weighted by Crippen LogP contribution is 2.53. The van der Waals surface area contributed by atoms with Gasteiger partial charge in [0.2, 0.25) is 0 Å². The predicted molar refractivity (Wildman–Crippen MR) is 276 cm³/mol. The molecule has 0 atom stereocenters. The first kappa shape index (κ1) is 37.3. The van der Waals surface area contributed by atoms with Gasteiger partial charge in [-0.1, -0.05) is 133 Å².